The van der Waals surface area contributed by atoms with Crippen molar-refractivity contribution in [3.63, 3.8) is 0 Å². The van der Waals surface area contributed by atoms with E-state index in [1.54, 1.807) is 13.8 Å². The number of halogens is 1. The van der Waals surface area contributed by atoms with Crippen molar-refractivity contribution in [2.24, 2.45) is 0 Å². The monoisotopic (exact) mass is 214 g/mol. The van der Waals surface area contributed by atoms with Gasteiger partial charge < -0.3 is 14.4 Å². The fourth-order valence-electron chi connectivity index (χ4n) is 0.888. The van der Waals surface area contributed by atoms with Crippen molar-refractivity contribution in [3.8, 4) is 0 Å². The molecule has 0 fully saturated rings. The maximum atomic E-state index is 12.2. The Morgan fingerprint density at radius 2 is 1.77 bits per heavy atom. The van der Waals surface area contributed by atoms with Gasteiger partial charge in [0.15, 0.2) is 6.42 Å². The van der Waals surface area contributed by atoms with Crippen LogP contribution in [0.5, 0.6) is 0 Å². The van der Waals surface area contributed by atoms with Crippen LogP contribution in [0.25, 0.3) is 0 Å². The van der Waals surface area contributed by atoms with Crippen molar-refractivity contribution in [1.82, 2.24) is 0 Å². The van der Waals surface area contributed by atoms with Gasteiger partial charge in [0.25, 0.3) is 7.37 Å². The van der Waals surface area contributed by atoms with E-state index in [9.17, 15) is 13.8 Å². The van der Waals surface area contributed by atoms with Crippen LogP contribution < -0.4 is 0 Å². The van der Waals surface area contributed by atoms with Gasteiger partial charge in [0.2, 0.25) is 5.53 Å². The van der Waals surface area contributed by atoms with Gasteiger partial charge in [-0.25, -0.2) is 4.39 Å². The van der Waals surface area contributed by atoms with Gasteiger partial charge in [-0.3, -0.25) is 4.57 Å². The second-order valence-corrected chi connectivity index (χ2v) is 5.04. The van der Waals surface area contributed by atoms with E-state index in [0.717, 1.165) is 0 Å². The molecular weight excluding hydrogens is 198 g/mol. The minimum atomic E-state index is -4.04. The van der Waals surface area contributed by atoms with E-state index in [1.165, 1.54) is 6.92 Å². The maximum absolute atomic E-state index is 12.2. The zero-order valence-electron chi connectivity index (χ0n) is 8.12. The van der Waals surface area contributed by atoms with E-state index in [0.29, 0.717) is 0 Å². The van der Waals surface area contributed by atoms with Crippen molar-refractivity contribution in [2.75, 3.05) is 19.6 Å². The minimum Gasteiger partial charge on any atom is -0.342 e. The molecule has 1 atom stereocenters. The predicted molar refractivity (Wildman–Crippen MR) is 47.5 cm³/mol. The van der Waals surface area contributed by atoms with Crippen molar-refractivity contribution < 1.29 is 23.3 Å². The Balaban J connectivity index is 4.66. The smallest absolute Gasteiger partial charge is 0.288 e. The van der Waals surface area contributed by atoms with E-state index < -0.39 is 19.3 Å². The van der Waals surface area contributed by atoms with Gasteiger partial charge in [-0.15, -0.1) is 0 Å². The highest BCUT2D eigenvalue weighted by atomic mass is 31.2. The molecule has 6 heteroatoms. The van der Waals surface area contributed by atoms with Crippen molar-refractivity contribution in [2.45, 2.75) is 26.3 Å². The lowest BCUT2D eigenvalue weighted by Crippen LogP contribution is -2.33. The first-order valence-corrected chi connectivity index (χ1v) is 5.93. The van der Waals surface area contributed by atoms with E-state index in [1.807, 2.05) is 0 Å². The molecule has 0 spiro atoms. The fraction of sp³-hybridized carbons (Fsp3) is 1.00. The van der Waals surface area contributed by atoms with Crippen molar-refractivity contribution in [3.05, 3.63) is 0 Å². The molecule has 0 aromatic rings. The summed E-state index contributed by atoms with van der Waals surface area (Å²) >= 11 is 0. The number of alkyl halides is 1. The third-order valence-electron chi connectivity index (χ3n) is 1.62. The van der Waals surface area contributed by atoms with Gasteiger partial charge in [-0.2, -0.15) is 0 Å². The normalized spacial score (nSPS) is 17.0. The standard InChI is InChI=1S/C7H16FO4P/c1-4-11-7(3,12-5-2)13(9,10)6-8/h4-6H2,1-3H3,(H,9,10). The van der Waals surface area contributed by atoms with E-state index in [2.05, 4.69) is 0 Å². The molecule has 13 heavy (non-hydrogen) atoms. The summed E-state index contributed by atoms with van der Waals surface area (Å²) in [6, 6.07) is 0. The molecule has 0 saturated heterocycles. The van der Waals surface area contributed by atoms with Gasteiger partial charge >= 0.3 is 0 Å². The van der Waals surface area contributed by atoms with Crippen LogP contribution in [0.4, 0.5) is 4.39 Å². The van der Waals surface area contributed by atoms with Gasteiger partial charge in [0, 0.05) is 13.2 Å². The maximum Gasteiger partial charge on any atom is 0.288 e. The third-order valence-corrected chi connectivity index (χ3v) is 3.47. The number of hydrogen-bond acceptors (Lipinski definition) is 3. The van der Waals surface area contributed by atoms with E-state index in [4.69, 9.17) is 9.47 Å². The first-order valence-electron chi connectivity index (χ1n) is 4.09. The van der Waals surface area contributed by atoms with Gasteiger partial charge in [0.05, 0.1) is 0 Å². The molecule has 0 rings (SSSR count). The summed E-state index contributed by atoms with van der Waals surface area (Å²) in [6.07, 6.45) is -1.34. The number of ether oxygens (including phenoxy) is 2. The lowest BCUT2D eigenvalue weighted by molar-refractivity contribution is -0.167. The van der Waals surface area contributed by atoms with Crippen LogP contribution in [0, 0.1) is 0 Å². The SMILES string of the molecule is CCOC(C)(OCC)P(=O)(O)CF. The molecule has 4 nitrogen and oxygen atoms in total. The topological polar surface area (TPSA) is 55.8 Å². The Morgan fingerprint density at radius 3 is 2.00 bits per heavy atom. The van der Waals surface area contributed by atoms with E-state index in [-0.39, 0.29) is 13.2 Å². The fourth-order valence-corrected chi connectivity index (χ4v) is 1.77. The molecule has 0 aromatic heterocycles. The van der Waals surface area contributed by atoms with Crippen molar-refractivity contribution in [1.29, 1.82) is 0 Å². The summed E-state index contributed by atoms with van der Waals surface area (Å²) in [5.74, 6) is 0. The zero-order chi connectivity index (χ0) is 10.5. The van der Waals surface area contributed by atoms with Crippen LogP contribution in [-0.4, -0.2) is 30.1 Å². The van der Waals surface area contributed by atoms with Crippen LogP contribution in [0.3, 0.4) is 0 Å². The van der Waals surface area contributed by atoms with Gasteiger partial charge in [0.1, 0.15) is 0 Å². The quantitative estimate of drug-likeness (QED) is 0.542. The van der Waals surface area contributed by atoms with E-state index >= 15 is 0 Å². The van der Waals surface area contributed by atoms with Crippen molar-refractivity contribution >= 4 is 7.37 Å². The Kier molecular flexibility index (Phi) is 5.07. The van der Waals surface area contributed by atoms with Crippen LogP contribution in [0.1, 0.15) is 20.8 Å². The first-order chi connectivity index (χ1) is 5.93. The molecule has 1 N–H and O–H groups in total. The molecule has 0 aliphatic carbocycles. The zero-order valence-corrected chi connectivity index (χ0v) is 9.01. The summed E-state index contributed by atoms with van der Waals surface area (Å²) in [5.41, 5.74) is -1.72. The third kappa shape index (κ3) is 3.02. The molecule has 0 amide bonds. The summed E-state index contributed by atoms with van der Waals surface area (Å²) in [6.45, 7) is 4.97. The molecule has 80 valence electrons. The molecule has 0 aliphatic heterocycles. The van der Waals surface area contributed by atoms with Crippen LogP contribution in [-0.2, 0) is 14.0 Å². The van der Waals surface area contributed by atoms with Gasteiger partial charge in [-0.05, 0) is 20.8 Å². The summed E-state index contributed by atoms with van der Waals surface area (Å²) in [4.78, 5) is 9.24. The summed E-state index contributed by atoms with van der Waals surface area (Å²) < 4.78 is 33.5. The lowest BCUT2D eigenvalue weighted by atomic mass is 10.7. The number of rotatable bonds is 6. The Morgan fingerprint density at radius 1 is 1.38 bits per heavy atom. The highest BCUT2D eigenvalue weighted by Crippen LogP contribution is 2.55. The van der Waals surface area contributed by atoms with Crippen LogP contribution in [0.15, 0.2) is 0 Å². The molecule has 0 saturated carbocycles. The lowest BCUT2D eigenvalue weighted by Gasteiger charge is -2.31. The van der Waals surface area contributed by atoms with Crippen LogP contribution in [0.2, 0.25) is 0 Å². The molecule has 0 aromatic carbocycles. The van der Waals surface area contributed by atoms with Crippen LogP contribution >= 0.6 is 7.37 Å². The highest BCUT2D eigenvalue weighted by Gasteiger charge is 2.45. The average molecular weight is 214 g/mol. The second-order valence-electron chi connectivity index (χ2n) is 2.58. The highest BCUT2D eigenvalue weighted by molar-refractivity contribution is 7.59. The molecule has 0 heterocycles. The average Bonchev–Trinajstić information content (AvgIpc) is 2.05. The van der Waals surface area contributed by atoms with Gasteiger partial charge in [-0.1, -0.05) is 0 Å². The Hall–Kier alpha value is 0.0400. The number of hydrogen-bond donors (Lipinski definition) is 1. The second kappa shape index (κ2) is 5.05. The molecule has 0 aliphatic rings. The largest absolute Gasteiger partial charge is 0.342 e. The first kappa shape index (κ1) is 13.0. The molecule has 0 radical (unpaired) electrons. The summed E-state index contributed by atoms with van der Waals surface area (Å²) in [7, 11) is -4.04. The molecule has 1 unspecified atom stereocenters. The minimum absolute atomic E-state index is 0.195. The predicted octanol–water partition coefficient (Wildman–Crippen LogP) is 1.93. The Bertz CT molecular complexity index is 191. The Labute approximate surface area is 77.5 Å². The summed E-state index contributed by atoms with van der Waals surface area (Å²) in [5, 5.41) is 0. The molecular formula is C7H16FO4P. The molecule has 0 bridgehead atoms.